The fourth-order valence-electron chi connectivity index (χ4n) is 4.94. The maximum absolute atomic E-state index is 13.0. The highest BCUT2D eigenvalue weighted by Gasteiger charge is 2.52. The van der Waals surface area contributed by atoms with Crippen molar-refractivity contribution in [2.24, 2.45) is 5.41 Å². The third-order valence-electron chi connectivity index (χ3n) is 6.75. The highest BCUT2D eigenvalue weighted by molar-refractivity contribution is 7.89. The fraction of sp³-hybridized carbons (Fsp3) is 0.600. The van der Waals surface area contributed by atoms with Crippen molar-refractivity contribution in [1.29, 1.82) is 0 Å². The van der Waals surface area contributed by atoms with Crippen molar-refractivity contribution < 1.29 is 13.2 Å². The number of benzene rings is 1. The summed E-state index contributed by atoms with van der Waals surface area (Å²) in [5.41, 5.74) is 1.31. The quantitative estimate of drug-likeness (QED) is 0.775. The zero-order valence-corrected chi connectivity index (χ0v) is 17.2. The predicted octanol–water partition coefficient (Wildman–Crippen LogP) is 1.07. The van der Waals surface area contributed by atoms with Crippen LogP contribution in [0.15, 0.2) is 24.3 Å². The van der Waals surface area contributed by atoms with E-state index in [1.807, 2.05) is 24.3 Å². The minimum atomic E-state index is -3.27. The van der Waals surface area contributed by atoms with Gasteiger partial charge in [-0.1, -0.05) is 12.1 Å². The Morgan fingerprint density at radius 2 is 1.90 bits per heavy atom. The van der Waals surface area contributed by atoms with E-state index >= 15 is 0 Å². The van der Waals surface area contributed by atoms with E-state index in [9.17, 15) is 13.2 Å². The van der Waals surface area contributed by atoms with Crippen molar-refractivity contribution in [1.82, 2.24) is 24.5 Å². The smallest absolute Gasteiger partial charge is 0.227 e. The van der Waals surface area contributed by atoms with Crippen molar-refractivity contribution in [3.63, 3.8) is 0 Å². The molecule has 8 nitrogen and oxygen atoms in total. The Bertz CT molecular complexity index is 985. The molecule has 5 heterocycles. The Morgan fingerprint density at radius 3 is 2.59 bits per heavy atom. The van der Waals surface area contributed by atoms with E-state index in [2.05, 4.69) is 20.2 Å². The number of piperidine rings is 2. The van der Waals surface area contributed by atoms with Crippen LogP contribution in [0, 0.1) is 5.41 Å². The van der Waals surface area contributed by atoms with Crippen molar-refractivity contribution >= 4 is 27.0 Å². The lowest BCUT2D eigenvalue weighted by Crippen LogP contribution is -2.61. The maximum atomic E-state index is 13.0. The lowest BCUT2D eigenvalue weighted by atomic mass is 9.79. The van der Waals surface area contributed by atoms with Crippen LogP contribution in [0.4, 0.5) is 0 Å². The summed E-state index contributed by atoms with van der Waals surface area (Å²) >= 11 is 0. The number of hydrogen-bond acceptors (Lipinski definition) is 5. The van der Waals surface area contributed by atoms with E-state index < -0.39 is 15.4 Å². The summed E-state index contributed by atoms with van der Waals surface area (Å²) < 4.78 is 26.0. The first kappa shape index (κ1) is 19.0. The Labute approximate surface area is 170 Å². The second-order valence-electron chi connectivity index (χ2n) is 8.66. The molecule has 0 atom stereocenters. The first-order valence-electron chi connectivity index (χ1n) is 10.4. The zero-order chi connectivity index (χ0) is 20.1. The van der Waals surface area contributed by atoms with Crippen LogP contribution in [0.1, 0.15) is 31.5 Å². The predicted molar refractivity (Wildman–Crippen MR) is 110 cm³/mol. The largest absolute Gasteiger partial charge is 0.353 e. The van der Waals surface area contributed by atoms with Gasteiger partial charge in [0.15, 0.2) is 0 Å². The van der Waals surface area contributed by atoms with Gasteiger partial charge in [-0.2, -0.15) is 0 Å². The van der Waals surface area contributed by atoms with Crippen LogP contribution >= 0.6 is 0 Å². The number of rotatable bonds is 4. The molecule has 0 saturated carbocycles. The van der Waals surface area contributed by atoms with Gasteiger partial charge in [-0.05, 0) is 37.8 Å². The molecular formula is C20H27N5O3S. The van der Waals surface area contributed by atoms with Gasteiger partial charge < -0.3 is 10.3 Å². The van der Waals surface area contributed by atoms with Crippen molar-refractivity contribution in [2.75, 3.05) is 31.9 Å². The normalized spacial score (nSPS) is 29.9. The van der Waals surface area contributed by atoms with Gasteiger partial charge in [-0.3, -0.25) is 9.69 Å². The molecule has 4 aliphatic rings. The molecule has 0 spiro atoms. The summed E-state index contributed by atoms with van der Waals surface area (Å²) in [6, 6.07) is 8.14. The van der Waals surface area contributed by atoms with Crippen LogP contribution < -0.4 is 5.32 Å². The Hall–Kier alpha value is -1.97. The number of likely N-dealkylation sites (tertiary alicyclic amines) is 1. The third kappa shape index (κ3) is 3.55. The van der Waals surface area contributed by atoms with Gasteiger partial charge >= 0.3 is 0 Å². The lowest BCUT2D eigenvalue weighted by molar-refractivity contribution is -0.133. The summed E-state index contributed by atoms with van der Waals surface area (Å²) in [5, 5.41) is 3.18. The van der Waals surface area contributed by atoms with Gasteiger partial charge in [0.05, 0.1) is 28.7 Å². The molecular weight excluding hydrogens is 390 g/mol. The van der Waals surface area contributed by atoms with E-state index in [1.165, 1.54) is 4.31 Å². The van der Waals surface area contributed by atoms with Gasteiger partial charge in [-0.25, -0.2) is 17.7 Å². The summed E-state index contributed by atoms with van der Waals surface area (Å²) in [5.74, 6) is 0.874. The monoisotopic (exact) mass is 417 g/mol. The molecule has 1 aromatic carbocycles. The van der Waals surface area contributed by atoms with E-state index in [0.29, 0.717) is 25.9 Å². The number of hydrogen-bond donors (Lipinski definition) is 2. The van der Waals surface area contributed by atoms with Crippen LogP contribution in [0.2, 0.25) is 0 Å². The standard InChI is InChI=1S/C20H27N5O3S/c26-19(20-7-11-25(12-8-20)29(27,28)14-20)21-15-5-9-24(10-6-15)13-18-22-16-3-1-2-4-17(16)23-18/h1-4,15H,5-14H2,(H,21,26)(H,22,23). The van der Waals surface area contributed by atoms with Crippen molar-refractivity contribution in [3.05, 3.63) is 30.1 Å². The molecule has 0 radical (unpaired) electrons. The minimum Gasteiger partial charge on any atom is -0.353 e. The highest BCUT2D eigenvalue weighted by Crippen LogP contribution is 2.40. The van der Waals surface area contributed by atoms with Crippen molar-refractivity contribution in [3.8, 4) is 0 Å². The van der Waals surface area contributed by atoms with Gasteiger partial charge in [0, 0.05) is 32.2 Å². The first-order chi connectivity index (χ1) is 13.9. The van der Waals surface area contributed by atoms with Crippen LogP contribution in [-0.4, -0.2) is 71.5 Å². The molecule has 0 unspecified atom stereocenters. The summed E-state index contributed by atoms with van der Waals surface area (Å²) in [4.78, 5) is 23.3. The maximum Gasteiger partial charge on any atom is 0.227 e. The molecule has 156 valence electrons. The summed E-state index contributed by atoms with van der Waals surface area (Å²) in [6.45, 7) is 3.51. The molecule has 1 amide bonds. The minimum absolute atomic E-state index is 0.0310. The second kappa shape index (κ2) is 7.07. The number of sulfonamides is 1. The number of aromatic amines is 1. The number of carbonyl (C=O) groups excluding carboxylic acids is 1. The van der Waals surface area contributed by atoms with Crippen LogP contribution in [0.5, 0.6) is 0 Å². The van der Waals surface area contributed by atoms with Gasteiger partial charge in [0.25, 0.3) is 0 Å². The van der Waals surface area contributed by atoms with E-state index in [-0.39, 0.29) is 17.7 Å². The molecule has 29 heavy (non-hydrogen) atoms. The average Bonchev–Trinajstić information content (AvgIpc) is 3.11. The lowest BCUT2D eigenvalue weighted by Gasteiger charge is -2.46. The van der Waals surface area contributed by atoms with Gasteiger partial charge in [-0.15, -0.1) is 0 Å². The second-order valence-corrected chi connectivity index (χ2v) is 10.6. The Morgan fingerprint density at radius 1 is 1.17 bits per heavy atom. The first-order valence-corrected chi connectivity index (χ1v) is 12.0. The molecule has 6 rings (SSSR count). The average molecular weight is 418 g/mol. The molecule has 4 fully saturated rings. The summed E-state index contributed by atoms with van der Waals surface area (Å²) in [6.07, 6.45) is 3.04. The molecule has 9 heteroatoms. The molecule has 2 aromatic rings. The fourth-order valence-corrected chi connectivity index (χ4v) is 6.98. The molecule has 4 saturated heterocycles. The van der Waals surface area contributed by atoms with E-state index in [4.69, 9.17) is 0 Å². The van der Waals surface area contributed by atoms with Crippen LogP contribution in [-0.2, 0) is 21.4 Å². The van der Waals surface area contributed by atoms with Crippen LogP contribution in [0.3, 0.4) is 0 Å². The number of imidazole rings is 1. The molecule has 2 N–H and O–H groups in total. The molecule has 4 aliphatic heterocycles. The molecule has 1 aromatic heterocycles. The zero-order valence-electron chi connectivity index (χ0n) is 16.4. The number of para-hydroxylation sites is 2. The SMILES string of the molecule is O=C(NC1CCN(Cc2nc3ccccc3[nH]2)CC1)C12CCN(CC1)S(=O)(=O)C2. The van der Waals surface area contributed by atoms with Gasteiger partial charge in [0.1, 0.15) is 5.82 Å². The molecule has 2 bridgehead atoms. The number of aromatic nitrogens is 2. The highest BCUT2D eigenvalue weighted by atomic mass is 32.2. The number of nitrogens with one attached hydrogen (secondary N) is 2. The van der Waals surface area contributed by atoms with Crippen molar-refractivity contribution in [2.45, 2.75) is 38.3 Å². The number of carbonyl (C=O) groups is 1. The Kier molecular flexibility index (Phi) is 4.64. The summed E-state index contributed by atoms with van der Waals surface area (Å²) in [7, 11) is -3.27. The number of nitrogens with zero attached hydrogens (tertiary/aromatic N) is 3. The van der Waals surface area contributed by atoms with E-state index in [0.717, 1.165) is 49.3 Å². The molecule has 0 aliphatic carbocycles. The van der Waals surface area contributed by atoms with Gasteiger partial charge in [0.2, 0.25) is 15.9 Å². The third-order valence-corrected chi connectivity index (χ3v) is 8.82. The number of fused-ring (bicyclic) bond motifs is 4. The number of amides is 1. The number of H-pyrrole nitrogens is 1. The van der Waals surface area contributed by atoms with Crippen LogP contribution in [0.25, 0.3) is 11.0 Å². The Balaban J connectivity index is 1.16. The topological polar surface area (TPSA) is 98.4 Å². The van der Waals surface area contributed by atoms with E-state index in [1.54, 1.807) is 0 Å².